The van der Waals surface area contributed by atoms with Crippen LogP contribution in [0, 0.1) is 0 Å². The second-order valence-corrected chi connectivity index (χ2v) is 3.64. The van der Waals surface area contributed by atoms with Crippen LogP contribution in [0.3, 0.4) is 0 Å². The van der Waals surface area contributed by atoms with Crippen LogP contribution in [0.15, 0.2) is 29.3 Å². The van der Waals surface area contributed by atoms with Crippen LogP contribution in [-0.4, -0.2) is 12.1 Å². The van der Waals surface area contributed by atoms with Gasteiger partial charge in [0.25, 0.3) is 0 Å². The average molecular weight is 286 g/mol. The Hall–Kier alpha value is -0.910. The maximum Gasteiger partial charge on any atom is 0.241 e. The monoisotopic (exact) mass is 286 g/mol. The fourth-order valence-corrected chi connectivity index (χ4v) is 1.78. The molecule has 4 heteroatoms. The molecule has 0 aliphatic carbocycles. The van der Waals surface area contributed by atoms with Crippen molar-refractivity contribution in [2.75, 3.05) is 3.11 Å². The Morgan fingerprint density at radius 2 is 2.15 bits per heavy atom. The second-order valence-electron chi connectivity index (χ2n) is 2.68. The summed E-state index contributed by atoms with van der Waals surface area (Å²) >= 11 is 2.00. The topological polar surface area (TPSA) is 32.7 Å². The summed E-state index contributed by atoms with van der Waals surface area (Å²) in [5.41, 5.74) is 1.71. The number of hydrogen-bond acceptors (Lipinski definition) is 2. The first-order valence-corrected chi connectivity index (χ1v) is 4.86. The minimum Gasteiger partial charge on any atom is -0.273 e. The molecule has 13 heavy (non-hydrogen) atoms. The number of aliphatic imine (C=N–C) groups is 1. The van der Waals surface area contributed by atoms with Crippen molar-refractivity contribution in [1.82, 2.24) is 0 Å². The molecule has 1 aromatic rings. The summed E-state index contributed by atoms with van der Waals surface area (Å²) in [6.45, 7) is 0. The molecule has 1 aliphatic rings. The lowest BCUT2D eigenvalue weighted by atomic mass is 10.3. The summed E-state index contributed by atoms with van der Waals surface area (Å²) in [7, 11) is 0. The molecular formula is C9H7IN2O. The zero-order chi connectivity index (χ0) is 9.26. The molecule has 0 saturated heterocycles. The van der Waals surface area contributed by atoms with Crippen LogP contribution in [0.5, 0.6) is 0 Å². The quantitative estimate of drug-likeness (QED) is 0.532. The summed E-state index contributed by atoms with van der Waals surface area (Å²) in [6, 6.07) is 7.60. The number of para-hydroxylation sites is 2. The van der Waals surface area contributed by atoms with Crippen molar-refractivity contribution in [2.45, 2.75) is 6.42 Å². The summed E-state index contributed by atoms with van der Waals surface area (Å²) < 4.78 is 1.61. The first-order valence-electron chi connectivity index (χ1n) is 3.89. The van der Waals surface area contributed by atoms with E-state index in [1.807, 2.05) is 47.1 Å². The van der Waals surface area contributed by atoms with Gasteiger partial charge in [-0.3, -0.25) is 9.79 Å². The third-order valence-corrected chi connectivity index (χ3v) is 2.87. The summed E-state index contributed by atoms with van der Waals surface area (Å²) in [5, 5.41) is 0. The van der Waals surface area contributed by atoms with Gasteiger partial charge in [0.15, 0.2) is 0 Å². The number of benzene rings is 1. The van der Waals surface area contributed by atoms with Gasteiger partial charge >= 0.3 is 0 Å². The normalized spacial score (nSPS) is 15.5. The smallest absolute Gasteiger partial charge is 0.241 e. The van der Waals surface area contributed by atoms with Crippen molar-refractivity contribution in [3.05, 3.63) is 24.3 Å². The lowest BCUT2D eigenvalue weighted by Gasteiger charge is -2.12. The largest absolute Gasteiger partial charge is 0.273 e. The molecular weight excluding hydrogens is 279 g/mol. The number of carbonyl (C=O) groups excluding carboxylic acids is 1. The first-order chi connectivity index (χ1) is 6.29. The number of anilines is 1. The van der Waals surface area contributed by atoms with Gasteiger partial charge in [0, 0.05) is 6.21 Å². The van der Waals surface area contributed by atoms with Gasteiger partial charge in [-0.1, -0.05) is 12.1 Å². The molecule has 0 fully saturated rings. The van der Waals surface area contributed by atoms with Crippen LogP contribution >= 0.6 is 22.9 Å². The van der Waals surface area contributed by atoms with Crippen molar-refractivity contribution >= 4 is 46.4 Å². The number of nitrogens with zero attached hydrogens (tertiary/aromatic N) is 2. The number of hydrogen-bond donors (Lipinski definition) is 0. The SMILES string of the molecule is O=C1CC=Nc2ccccc2N1I. The van der Waals surface area contributed by atoms with Gasteiger partial charge in [-0.25, -0.2) is 3.11 Å². The summed E-state index contributed by atoms with van der Waals surface area (Å²) in [4.78, 5) is 15.6. The van der Waals surface area contributed by atoms with Crippen molar-refractivity contribution < 1.29 is 4.79 Å². The molecule has 1 heterocycles. The predicted molar refractivity (Wildman–Crippen MR) is 60.7 cm³/mol. The Morgan fingerprint density at radius 3 is 3.00 bits per heavy atom. The van der Waals surface area contributed by atoms with Crippen LogP contribution in [-0.2, 0) is 4.79 Å². The molecule has 1 amide bonds. The van der Waals surface area contributed by atoms with E-state index in [0.29, 0.717) is 6.42 Å². The van der Waals surface area contributed by atoms with E-state index in [4.69, 9.17) is 0 Å². The van der Waals surface area contributed by atoms with Crippen molar-refractivity contribution in [3.63, 3.8) is 0 Å². The molecule has 0 bridgehead atoms. The highest BCUT2D eigenvalue weighted by atomic mass is 127. The van der Waals surface area contributed by atoms with Crippen LogP contribution in [0.1, 0.15) is 6.42 Å². The van der Waals surface area contributed by atoms with Crippen molar-refractivity contribution in [1.29, 1.82) is 0 Å². The average Bonchev–Trinajstić information content (AvgIpc) is 2.29. The van der Waals surface area contributed by atoms with E-state index < -0.39 is 0 Å². The van der Waals surface area contributed by atoms with Crippen LogP contribution in [0.25, 0.3) is 0 Å². The van der Waals surface area contributed by atoms with E-state index >= 15 is 0 Å². The highest BCUT2D eigenvalue weighted by Crippen LogP contribution is 2.32. The van der Waals surface area contributed by atoms with Gasteiger partial charge in [0.1, 0.15) is 0 Å². The molecule has 1 aromatic carbocycles. The predicted octanol–water partition coefficient (Wildman–Crippen LogP) is 2.48. The number of halogens is 1. The van der Waals surface area contributed by atoms with Gasteiger partial charge in [0.05, 0.1) is 40.7 Å². The molecule has 66 valence electrons. The van der Waals surface area contributed by atoms with Crippen molar-refractivity contribution in [3.8, 4) is 0 Å². The van der Waals surface area contributed by atoms with E-state index in [9.17, 15) is 4.79 Å². The Bertz CT molecular complexity index is 376. The first kappa shape index (κ1) is 8.68. The zero-order valence-electron chi connectivity index (χ0n) is 6.77. The van der Waals surface area contributed by atoms with Gasteiger partial charge in [-0.05, 0) is 12.1 Å². The molecule has 0 atom stereocenters. The fourth-order valence-electron chi connectivity index (χ4n) is 1.18. The van der Waals surface area contributed by atoms with Crippen LogP contribution in [0.2, 0.25) is 0 Å². The Labute approximate surface area is 90.0 Å². The Kier molecular flexibility index (Phi) is 2.30. The van der Waals surface area contributed by atoms with Gasteiger partial charge in [-0.2, -0.15) is 0 Å². The summed E-state index contributed by atoms with van der Waals surface area (Å²) in [5.74, 6) is 0.0642. The molecule has 0 radical (unpaired) electrons. The van der Waals surface area contributed by atoms with Gasteiger partial charge < -0.3 is 0 Å². The lowest BCUT2D eigenvalue weighted by Crippen LogP contribution is -2.18. The fraction of sp³-hybridized carbons (Fsp3) is 0.111. The Morgan fingerprint density at radius 1 is 1.38 bits per heavy atom. The van der Waals surface area contributed by atoms with E-state index in [0.717, 1.165) is 11.4 Å². The molecule has 0 spiro atoms. The molecule has 0 saturated carbocycles. The zero-order valence-corrected chi connectivity index (χ0v) is 8.93. The highest BCUT2D eigenvalue weighted by molar-refractivity contribution is 14.1. The minimum absolute atomic E-state index is 0.0642. The molecule has 0 N–H and O–H groups in total. The van der Waals surface area contributed by atoms with Crippen molar-refractivity contribution in [2.24, 2.45) is 4.99 Å². The van der Waals surface area contributed by atoms with E-state index in [-0.39, 0.29) is 5.91 Å². The van der Waals surface area contributed by atoms with Crippen LogP contribution in [0.4, 0.5) is 11.4 Å². The number of carbonyl (C=O) groups is 1. The van der Waals surface area contributed by atoms with Crippen LogP contribution < -0.4 is 3.11 Å². The third kappa shape index (κ3) is 1.58. The standard InChI is InChI=1S/C9H7IN2O/c10-12-8-4-2-1-3-7(8)11-6-5-9(12)13/h1-4,6H,5H2. The minimum atomic E-state index is 0.0642. The second kappa shape index (κ2) is 3.45. The Balaban J connectivity index is 2.54. The lowest BCUT2D eigenvalue weighted by molar-refractivity contribution is -0.115. The molecule has 1 aliphatic heterocycles. The van der Waals surface area contributed by atoms with E-state index in [1.54, 1.807) is 9.33 Å². The molecule has 3 nitrogen and oxygen atoms in total. The third-order valence-electron chi connectivity index (χ3n) is 1.81. The maximum absolute atomic E-state index is 11.4. The number of fused-ring (bicyclic) bond motifs is 1. The number of rotatable bonds is 0. The summed E-state index contributed by atoms with van der Waals surface area (Å²) in [6.07, 6.45) is 2.03. The van der Waals surface area contributed by atoms with E-state index in [2.05, 4.69) is 4.99 Å². The number of amides is 1. The van der Waals surface area contributed by atoms with Gasteiger partial charge in [0.2, 0.25) is 5.91 Å². The van der Waals surface area contributed by atoms with Gasteiger partial charge in [-0.15, -0.1) is 0 Å². The molecule has 0 aromatic heterocycles. The highest BCUT2D eigenvalue weighted by Gasteiger charge is 2.16. The molecule has 0 unspecified atom stereocenters. The van der Waals surface area contributed by atoms with E-state index in [1.165, 1.54) is 0 Å². The maximum atomic E-state index is 11.4. The molecule has 2 rings (SSSR count).